The van der Waals surface area contributed by atoms with Gasteiger partial charge in [-0.15, -0.1) is 11.3 Å². The highest BCUT2D eigenvalue weighted by Gasteiger charge is 2.33. The lowest BCUT2D eigenvalue weighted by atomic mass is 10.0. The van der Waals surface area contributed by atoms with Crippen molar-refractivity contribution in [2.75, 3.05) is 7.11 Å². The van der Waals surface area contributed by atoms with Gasteiger partial charge in [-0.05, 0) is 40.8 Å². The van der Waals surface area contributed by atoms with Crippen LogP contribution in [0.15, 0.2) is 81.0 Å². The molecule has 4 aromatic rings. The van der Waals surface area contributed by atoms with E-state index in [0.29, 0.717) is 20.6 Å². The average molecular weight is 447 g/mol. The first kappa shape index (κ1) is 19.7. The Kier molecular flexibility index (Phi) is 4.92. The van der Waals surface area contributed by atoms with Crippen molar-refractivity contribution in [1.29, 1.82) is 0 Å². The molecule has 1 aliphatic rings. The molecule has 7 heteroatoms. The van der Waals surface area contributed by atoms with E-state index in [9.17, 15) is 9.59 Å². The van der Waals surface area contributed by atoms with Crippen molar-refractivity contribution in [3.05, 3.63) is 101 Å². The zero-order valence-electron chi connectivity index (χ0n) is 16.9. The Balaban J connectivity index is 1.77. The number of carbonyl (C=O) groups excluding carboxylic acids is 1. The Morgan fingerprint density at radius 1 is 1.13 bits per heavy atom. The number of esters is 1. The minimum Gasteiger partial charge on any atom is -0.466 e. The predicted molar refractivity (Wildman–Crippen MR) is 124 cm³/mol. The Labute approximate surface area is 185 Å². The topological polar surface area (TPSA) is 60.7 Å². The molecule has 31 heavy (non-hydrogen) atoms. The zero-order valence-corrected chi connectivity index (χ0v) is 18.5. The maximum Gasteiger partial charge on any atom is 0.338 e. The van der Waals surface area contributed by atoms with Crippen molar-refractivity contribution < 1.29 is 9.53 Å². The van der Waals surface area contributed by atoms with E-state index in [4.69, 9.17) is 4.74 Å². The smallest absolute Gasteiger partial charge is 0.338 e. The average Bonchev–Trinajstić information content (AvgIpc) is 3.41. The van der Waals surface area contributed by atoms with Crippen molar-refractivity contribution in [2.45, 2.75) is 13.0 Å². The van der Waals surface area contributed by atoms with Gasteiger partial charge in [0, 0.05) is 4.88 Å². The van der Waals surface area contributed by atoms with Crippen LogP contribution in [0, 0.1) is 0 Å². The number of ether oxygens (including phenoxy) is 1. The van der Waals surface area contributed by atoms with E-state index < -0.39 is 12.0 Å². The molecule has 0 bridgehead atoms. The molecular formula is C24H18N2O3S2. The summed E-state index contributed by atoms with van der Waals surface area (Å²) in [5.41, 5.74) is 1.78. The number of hydrogen-bond donors (Lipinski definition) is 0. The summed E-state index contributed by atoms with van der Waals surface area (Å²) in [5, 5.41) is 4.13. The molecular weight excluding hydrogens is 428 g/mol. The van der Waals surface area contributed by atoms with Crippen molar-refractivity contribution in [3.63, 3.8) is 0 Å². The lowest BCUT2D eigenvalue weighted by Crippen LogP contribution is -2.39. The van der Waals surface area contributed by atoms with Gasteiger partial charge in [0.25, 0.3) is 5.56 Å². The van der Waals surface area contributed by atoms with E-state index in [2.05, 4.69) is 17.1 Å². The maximum atomic E-state index is 13.5. The third kappa shape index (κ3) is 3.26. The normalized spacial score (nSPS) is 16.3. The van der Waals surface area contributed by atoms with Gasteiger partial charge in [0.1, 0.15) is 6.04 Å². The SMILES string of the molecule is COC(=O)C1=C(C)N=c2sc(=Cc3cccc4ccccc34)c(=O)n2C1c1cccs1. The number of hydrogen-bond acceptors (Lipinski definition) is 6. The van der Waals surface area contributed by atoms with Crippen LogP contribution in [0.4, 0.5) is 0 Å². The third-order valence-electron chi connectivity index (χ3n) is 5.35. The van der Waals surface area contributed by atoms with Crippen LogP contribution in [-0.2, 0) is 9.53 Å². The van der Waals surface area contributed by atoms with Gasteiger partial charge >= 0.3 is 5.97 Å². The molecule has 0 saturated carbocycles. The summed E-state index contributed by atoms with van der Waals surface area (Å²) in [5.74, 6) is -0.469. The molecule has 3 heterocycles. The van der Waals surface area contributed by atoms with Gasteiger partial charge in [-0.25, -0.2) is 9.79 Å². The fourth-order valence-corrected chi connectivity index (χ4v) is 5.79. The summed E-state index contributed by atoms with van der Waals surface area (Å²) in [6.07, 6.45) is 1.91. The fourth-order valence-electron chi connectivity index (χ4n) is 3.93. The molecule has 0 radical (unpaired) electrons. The molecule has 5 rings (SSSR count). The summed E-state index contributed by atoms with van der Waals surface area (Å²) < 4.78 is 7.22. The van der Waals surface area contributed by atoms with Crippen molar-refractivity contribution in [3.8, 4) is 0 Å². The molecule has 0 fully saturated rings. The summed E-state index contributed by atoms with van der Waals surface area (Å²) in [4.78, 5) is 32.2. The first-order valence-corrected chi connectivity index (χ1v) is 11.4. The number of allylic oxidation sites excluding steroid dienone is 1. The number of aromatic nitrogens is 1. The number of benzene rings is 2. The monoisotopic (exact) mass is 446 g/mol. The minimum absolute atomic E-state index is 0.163. The van der Waals surface area contributed by atoms with Gasteiger partial charge in [-0.3, -0.25) is 9.36 Å². The lowest BCUT2D eigenvalue weighted by molar-refractivity contribution is -0.136. The molecule has 0 aliphatic carbocycles. The van der Waals surface area contributed by atoms with Gasteiger partial charge < -0.3 is 4.74 Å². The summed E-state index contributed by atoms with van der Waals surface area (Å²) in [6.45, 7) is 1.79. The van der Waals surface area contributed by atoms with Gasteiger partial charge in [-0.2, -0.15) is 0 Å². The molecule has 154 valence electrons. The van der Waals surface area contributed by atoms with Crippen LogP contribution in [-0.4, -0.2) is 17.6 Å². The van der Waals surface area contributed by atoms with Crippen LogP contribution in [0.1, 0.15) is 23.4 Å². The first-order chi connectivity index (χ1) is 15.1. The first-order valence-electron chi connectivity index (χ1n) is 9.70. The molecule has 1 aliphatic heterocycles. The van der Waals surface area contributed by atoms with E-state index >= 15 is 0 Å². The molecule has 0 spiro atoms. The van der Waals surface area contributed by atoms with Crippen LogP contribution in [0.2, 0.25) is 0 Å². The van der Waals surface area contributed by atoms with Crippen molar-refractivity contribution >= 4 is 45.5 Å². The summed E-state index contributed by atoms with van der Waals surface area (Å²) >= 11 is 2.84. The van der Waals surface area contributed by atoms with E-state index in [1.165, 1.54) is 29.8 Å². The van der Waals surface area contributed by atoms with Crippen molar-refractivity contribution in [2.24, 2.45) is 4.99 Å². The molecule has 0 saturated heterocycles. The highest BCUT2D eigenvalue weighted by molar-refractivity contribution is 7.10. The largest absolute Gasteiger partial charge is 0.466 e. The molecule has 0 N–H and O–H groups in total. The number of nitrogens with zero attached hydrogens (tertiary/aromatic N) is 2. The fraction of sp³-hybridized carbons (Fsp3) is 0.125. The molecule has 5 nitrogen and oxygen atoms in total. The second kappa shape index (κ2) is 7.76. The van der Waals surface area contributed by atoms with Crippen LogP contribution in [0.5, 0.6) is 0 Å². The zero-order chi connectivity index (χ0) is 21.5. The second-order valence-corrected chi connectivity index (χ2v) is 9.15. The summed E-state index contributed by atoms with van der Waals surface area (Å²) in [6, 6.07) is 17.4. The highest BCUT2D eigenvalue weighted by atomic mass is 32.1. The van der Waals surface area contributed by atoms with Gasteiger partial charge in [0.05, 0.1) is 22.9 Å². The number of thiazole rings is 1. The van der Waals surface area contributed by atoms with Crippen LogP contribution >= 0.6 is 22.7 Å². The number of fused-ring (bicyclic) bond motifs is 2. The van der Waals surface area contributed by atoms with E-state index in [-0.39, 0.29) is 5.56 Å². The molecule has 1 atom stereocenters. The quantitative estimate of drug-likeness (QED) is 0.452. The van der Waals surface area contributed by atoms with E-state index in [1.807, 2.05) is 53.9 Å². The van der Waals surface area contributed by atoms with Gasteiger partial charge in [0.2, 0.25) is 0 Å². The Bertz CT molecular complexity index is 1520. The molecule has 2 aromatic heterocycles. The van der Waals surface area contributed by atoms with Gasteiger partial charge in [-0.1, -0.05) is 59.9 Å². The Morgan fingerprint density at radius 3 is 2.71 bits per heavy atom. The van der Waals surface area contributed by atoms with Crippen molar-refractivity contribution in [1.82, 2.24) is 4.57 Å². The minimum atomic E-state index is -0.543. The van der Waals surface area contributed by atoms with Crippen LogP contribution in [0.25, 0.3) is 16.8 Å². The third-order valence-corrected chi connectivity index (χ3v) is 7.26. The Morgan fingerprint density at radius 2 is 1.94 bits per heavy atom. The van der Waals surface area contributed by atoms with E-state index in [0.717, 1.165) is 21.2 Å². The Hall–Kier alpha value is -3.29. The number of methoxy groups -OCH3 is 1. The highest BCUT2D eigenvalue weighted by Crippen LogP contribution is 2.33. The second-order valence-electron chi connectivity index (χ2n) is 7.16. The number of rotatable bonds is 3. The maximum absolute atomic E-state index is 13.5. The number of carbonyl (C=O) groups is 1. The number of thiophene rings is 1. The summed E-state index contributed by atoms with van der Waals surface area (Å²) in [7, 11) is 1.35. The van der Waals surface area contributed by atoms with Crippen LogP contribution in [0.3, 0.4) is 0 Å². The van der Waals surface area contributed by atoms with E-state index in [1.54, 1.807) is 11.5 Å². The molecule has 1 unspecified atom stereocenters. The molecule has 0 amide bonds. The standard InChI is InChI=1S/C24H18N2O3S2/c1-14-20(23(28)29-2)21(18-11-6-12-30-18)26-22(27)19(31-24(26)25-14)13-16-9-5-8-15-7-3-4-10-17(15)16/h3-13,21H,1-2H3. The predicted octanol–water partition coefficient (Wildman–Crippen LogP) is 3.62. The lowest BCUT2D eigenvalue weighted by Gasteiger charge is -2.22. The molecule has 2 aromatic carbocycles. The van der Waals surface area contributed by atoms with Gasteiger partial charge in [0.15, 0.2) is 4.80 Å². The van der Waals surface area contributed by atoms with Crippen LogP contribution < -0.4 is 14.9 Å².